The Bertz CT molecular complexity index is 349. The predicted octanol–water partition coefficient (Wildman–Crippen LogP) is 2.90. The zero-order valence-corrected chi connectivity index (χ0v) is 9.53. The van der Waals surface area contributed by atoms with E-state index < -0.39 is 0 Å². The van der Waals surface area contributed by atoms with E-state index in [1.54, 1.807) is 6.08 Å². The van der Waals surface area contributed by atoms with E-state index in [4.69, 9.17) is 0 Å². The average Bonchev–Trinajstić information content (AvgIpc) is 2.26. The molecular weight excluding hydrogens is 186 g/mol. The van der Waals surface area contributed by atoms with Crippen LogP contribution in [0.2, 0.25) is 0 Å². The van der Waals surface area contributed by atoms with Crippen LogP contribution in [0.5, 0.6) is 0 Å². The molecule has 15 heavy (non-hydrogen) atoms. The number of allylic oxidation sites excluding steroid dienone is 2. The van der Waals surface area contributed by atoms with Crippen molar-refractivity contribution < 1.29 is 4.79 Å². The first-order valence-electron chi connectivity index (χ1n) is 5.13. The Morgan fingerprint density at radius 3 is 2.33 bits per heavy atom. The predicted molar refractivity (Wildman–Crippen MR) is 64.5 cm³/mol. The van der Waals surface area contributed by atoms with Gasteiger partial charge >= 0.3 is 0 Å². The third-order valence-corrected chi connectivity index (χ3v) is 2.17. The molecule has 0 amide bonds. The van der Waals surface area contributed by atoms with Crippen molar-refractivity contribution in [1.82, 2.24) is 0 Å². The summed E-state index contributed by atoms with van der Waals surface area (Å²) in [4.78, 5) is 13.6. The number of anilines is 1. The lowest BCUT2D eigenvalue weighted by Gasteiger charge is -2.11. The van der Waals surface area contributed by atoms with Crippen molar-refractivity contribution in [1.29, 1.82) is 0 Å². The van der Waals surface area contributed by atoms with Crippen molar-refractivity contribution in [3.05, 3.63) is 42.0 Å². The molecular formula is C13H17NO. The second-order valence-corrected chi connectivity index (χ2v) is 3.62. The molecule has 1 rings (SSSR count). The van der Waals surface area contributed by atoms with Crippen molar-refractivity contribution in [3.8, 4) is 0 Å². The number of hydrogen-bond donors (Lipinski definition) is 0. The molecule has 0 unspecified atom stereocenters. The van der Waals surface area contributed by atoms with Gasteiger partial charge in [0.25, 0.3) is 0 Å². The fourth-order valence-electron chi connectivity index (χ4n) is 1.24. The lowest BCUT2D eigenvalue weighted by Crippen LogP contribution is -2.08. The van der Waals surface area contributed by atoms with Crippen LogP contribution in [-0.4, -0.2) is 19.9 Å². The molecule has 0 aliphatic heterocycles. The van der Waals surface area contributed by atoms with Gasteiger partial charge in [0.2, 0.25) is 0 Å². The summed E-state index contributed by atoms with van der Waals surface area (Å²) in [6.45, 7) is 2.01. The summed E-state index contributed by atoms with van der Waals surface area (Å²) in [6, 6.07) is 7.62. The van der Waals surface area contributed by atoms with Gasteiger partial charge in [-0.2, -0.15) is 0 Å². The van der Waals surface area contributed by atoms with Gasteiger partial charge in [-0.3, -0.25) is 4.79 Å². The molecule has 1 aromatic carbocycles. The molecule has 1 aromatic rings. The van der Waals surface area contributed by atoms with Crippen LogP contribution in [-0.2, 0) is 0 Å². The third kappa shape index (κ3) is 3.24. The Kier molecular flexibility index (Phi) is 4.10. The maximum Gasteiger partial charge on any atom is 0.185 e. The highest BCUT2D eigenvalue weighted by Crippen LogP contribution is 2.12. The quantitative estimate of drug-likeness (QED) is 0.554. The van der Waals surface area contributed by atoms with Gasteiger partial charge in [0.05, 0.1) is 0 Å². The Balaban J connectivity index is 2.80. The van der Waals surface area contributed by atoms with Crippen LogP contribution in [0.15, 0.2) is 36.4 Å². The molecule has 0 bridgehead atoms. The summed E-state index contributed by atoms with van der Waals surface area (Å²) in [7, 11) is 3.96. The summed E-state index contributed by atoms with van der Waals surface area (Å²) in [5.41, 5.74) is 1.84. The van der Waals surface area contributed by atoms with Crippen LogP contribution in [0, 0.1) is 0 Å². The van der Waals surface area contributed by atoms with E-state index in [9.17, 15) is 4.79 Å². The highest BCUT2D eigenvalue weighted by Gasteiger charge is 2.01. The van der Waals surface area contributed by atoms with Crippen LogP contribution < -0.4 is 4.90 Å². The fraction of sp³-hybridized carbons (Fsp3) is 0.308. The lowest BCUT2D eigenvalue weighted by molar-refractivity contribution is 0.104. The van der Waals surface area contributed by atoms with Crippen LogP contribution in [0.1, 0.15) is 23.7 Å². The Hall–Kier alpha value is -1.57. The summed E-state index contributed by atoms with van der Waals surface area (Å²) in [6.07, 6.45) is 4.40. The van der Waals surface area contributed by atoms with Crippen LogP contribution in [0.3, 0.4) is 0 Å². The number of hydrogen-bond acceptors (Lipinski definition) is 2. The number of nitrogens with zero attached hydrogens (tertiary/aromatic N) is 1. The van der Waals surface area contributed by atoms with Crippen LogP contribution >= 0.6 is 0 Å². The van der Waals surface area contributed by atoms with Crippen LogP contribution in [0.4, 0.5) is 5.69 Å². The van der Waals surface area contributed by atoms with Crippen molar-refractivity contribution >= 4 is 11.5 Å². The normalized spacial score (nSPS) is 10.6. The van der Waals surface area contributed by atoms with E-state index in [0.717, 1.165) is 17.7 Å². The molecule has 0 N–H and O–H groups in total. The third-order valence-electron chi connectivity index (χ3n) is 2.17. The molecule has 0 aliphatic carbocycles. The van der Waals surface area contributed by atoms with Gasteiger partial charge in [-0.1, -0.05) is 13.0 Å². The summed E-state index contributed by atoms with van der Waals surface area (Å²) in [5, 5.41) is 0. The number of benzene rings is 1. The molecule has 0 fully saturated rings. The number of rotatable bonds is 4. The van der Waals surface area contributed by atoms with Gasteiger partial charge in [-0.05, 0) is 36.8 Å². The van der Waals surface area contributed by atoms with E-state index in [2.05, 4.69) is 0 Å². The molecule has 0 aliphatic rings. The number of carbonyl (C=O) groups excluding carboxylic acids is 1. The minimum Gasteiger partial charge on any atom is -0.378 e. The summed E-state index contributed by atoms with van der Waals surface area (Å²) >= 11 is 0. The zero-order valence-electron chi connectivity index (χ0n) is 9.53. The van der Waals surface area contributed by atoms with Crippen molar-refractivity contribution in [2.75, 3.05) is 19.0 Å². The molecule has 0 saturated heterocycles. The molecule has 0 atom stereocenters. The number of carbonyl (C=O) groups is 1. The molecule has 2 heteroatoms. The second-order valence-electron chi connectivity index (χ2n) is 3.62. The fourth-order valence-corrected chi connectivity index (χ4v) is 1.24. The van der Waals surface area contributed by atoms with E-state index in [1.165, 1.54) is 0 Å². The molecule has 0 spiro atoms. The van der Waals surface area contributed by atoms with E-state index in [1.807, 2.05) is 56.3 Å². The molecule has 0 heterocycles. The van der Waals surface area contributed by atoms with Gasteiger partial charge < -0.3 is 4.90 Å². The average molecular weight is 203 g/mol. The highest BCUT2D eigenvalue weighted by molar-refractivity contribution is 6.04. The topological polar surface area (TPSA) is 20.3 Å². The monoisotopic (exact) mass is 203 g/mol. The van der Waals surface area contributed by atoms with Crippen molar-refractivity contribution in [2.45, 2.75) is 13.3 Å². The lowest BCUT2D eigenvalue weighted by atomic mass is 10.1. The standard InChI is InChI=1S/C13H17NO/c1-4-5-6-13(15)11-7-9-12(10-8-11)14(2)3/h5-10H,4H2,1-3H3/b6-5+. The minimum atomic E-state index is 0.0714. The van der Waals surface area contributed by atoms with Crippen LogP contribution in [0.25, 0.3) is 0 Å². The van der Waals surface area contributed by atoms with Crippen molar-refractivity contribution in [2.24, 2.45) is 0 Å². The minimum absolute atomic E-state index is 0.0714. The molecule has 2 nitrogen and oxygen atoms in total. The summed E-state index contributed by atoms with van der Waals surface area (Å²) in [5.74, 6) is 0.0714. The molecule has 80 valence electrons. The van der Waals surface area contributed by atoms with Gasteiger partial charge in [-0.15, -0.1) is 0 Å². The maximum absolute atomic E-state index is 11.6. The largest absolute Gasteiger partial charge is 0.378 e. The highest BCUT2D eigenvalue weighted by atomic mass is 16.1. The van der Waals surface area contributed by atoms with E-state index in [0.29, 0.717) is 0 Å². The number of ketones is 1. The van der Waals surface area contributed by atoms with Gasteiger partial charge in [-0.25, -0.2) is 0 Å². The zero-order chi connectivity index (χ0) is 11.3. The smallest absolute Gasteiger partial charge is 0.185 e. The first kappa shape index (κ1) is 11.5. The SMILES string of the molecule is CC/C=C/C(=O)c1ccc(N(C)C)cc1. The first-order valence-corrected chi connectivity index (χ1v) is 5.13. The summed E-state index contributed by atoms with van der Waals surface area (Å²) < 4.78 is 0. The Morgan fingerprint density at radius 1 is 1.27 bits per heavy atom. The molecule has 0 saturated carbocycles. The maximum atomic E-state index is 11.6. The Labute approximate surface area is 91.2 Å². The molecule has 0 aromatic heterocycles. The van der Waals surface area contributed by atoms with E-state index >= 15 is 0 Å². The van der Waals surface area contributed by atoms with Crippen molar-refractivity contribution in [3.63, 3.8) is 0 Å². The van der Waals surface area contributed by atoms with Gasteiger partial charge in [0.15, 0.2) is 5.78 Å². The van der Waals surface area contributed by atoms with E-state index in [-0.39, 0.29) is 5.78 Å². The second kappa shape index (κ2) is 5.35. The Morgan fingerprint density at radius 2 is 1.87 bits per heavy atom. The first-order chi connectivity index (χ1) is 7.15. The van der Waals surface area contributed by atoms with Gasteiger partial charge in [0, 0.05) is 25.3 Å². The molecule has 0 radical (unpaired) electrons. The van der Waals surface area contributed by atoms with Gasteiger partial charge in [0.1, 0.15) is 0 Å².